The number of rotatable bonds is 6. The van der Waals surface area contributed by atoms with E-state index in [9.17, 15) is 28.2 Å². The molecule has 48 heavy (non-hydrogen) atoms. The molecule has 1 spiro atoms. The van der Waals surface area contributed by atoms with E-state index in [-0.39, 0.29) is 44.2 Å². The molecule has 1 aromatic carbocycles. The van der Waals surface area contributed by atoms with Crippen LogP contribution in [0.3, 0.4) is 0 Å². The van der Waals surface area contributed by atoms with Gasteiger partial charge in [-0.2, -0.15) is 22.0 Å². The number of fused-ring (bicyclic) bond motifs is 4. The zero-order valence-corrected chi connectivity index (χ0v) is 27.7. The van der Waals surface area contributed by atoms with Crippen LogP contribution in [-0.2, 0) is 20.8 Å². The van der Waals surface area contributed by atoms with Crippen molar-refractivity contribution >= 4 is 6.09 Å². The molecule has 4 aliphatic carbocycles. The predicted molar refractivity (Wildman–Crippen MR) is 166 cm³/mol. The molecule has 5 aliphatic rings. The Morgan fingerprint density at radius 1 is 1.04 bits per heavy atom. The van der Waals surface area contributed by atoms with Crippen LogP contribution in [0, 0.1) is 22.7 Å². The molecule has 3 unspecified atom stereocenters. The molecule has 4 fully saturated rings. The third-order valence-electron chi connectivity index (χ3n) is 12.0. The summed E-state index contributed by atoms with van der Waals surface area (Å²) in [7, 11) is 0. The molecule has 0 aromatic heterocycles. The summed E-state index contributed by atoms with van der Waals surface area (Å²) in [5, 5.41) is 26.4. The van der Waals surface area contributed by atoms with Gasteiger partial charge < -0.3 is 29.7 Å². The first-order chi connectivity index (χ1) is 22.3. The Hall–Kier alpha value is -2.54. The molecule has 0 radical (unpaired) electrons. The number of halogens is 5. The summed E-state index contributed by atoms with van der Waals surface area (Å²) < 4.78 is 90.3. The normalized spacial score (nSPS) is 35.8. The van der Waals surface area contributed by atoms with Crippen molar-refractivity contribution in [2.24, 2.45) is 22.7 Å². The zero-order valence-electron chi connectivity index (χ0n) is 27.7. The Labute approximate surface area is 277 Å². The maximum atomic E-state index is 15.4. The number of hydrogen-bond donors (Lipinski definition) is 3. The van der Waals surface area contributed by atoms with Crippen molar-refractivity contribution in [1.29, 1.82) is 0 Å². The highest BCUT2D eigenvalue weighted by atomic mass is 19.4. The average molecular weight is 684 g/mol. The second-order valence-corrected chi connectivity index (χ2v) is 15.7. The van der Waals surface area contributed by atoms with E-state index in [0.29, 0.717) is 43.6 Å². The molecular formula is C36H46F5NO6. The Balaban J connectivity index is 1.39. The van der Waals surface area contributed by atoms with Crippen LogP contribution in [-0.4, -0.2) is 65.2 Å². The summed E-state index contributed by atoms with van der Waals surface area (Å²) in [4.78, 5) is 11.9. The van der Waals surface area contributed by atoms with Gasteiger partial charge in [0.25, 0.3) is 0 Å². The monoisotopic (exact) mass is 683 g/mol. The Bertz CT molecular complexity index is 1450. The van der Waals surface area contributed by atoms with Crippen molar-refractivity contribution in [2.75, 3.05) is 19.8 Å². The second kappa shape index (κ2) is 11.8. The number of amides is 1. The molecule has 1 saturated heterocycles. The molecule has 12 heteroatoms. The fraction of sp³-hybridized carbons (Fsp3) is 0.694. The lowest BCUT2D eigenvalue weighted by molar-refractivity contribution is -0.362. The number of benzene rings is 1. The van der Waals surface area contributed by atoms with Crippen LogP contribution < -0.4 is 5.32 Å². The minimum absolute atomic E-state index is 0.0146. The number of nitrogens with one attached hydrogen (secondary N) is 1. The first-order valence-corrected chi connectivity index (χ1v) is 16.8. The maximum Gasteiger partial charge on any atom is 0.456 e. The minimum atomic E-state index is -5.92. The summed E-state index contributed by atoms with van der Waals surface area (Å²) in [6.45, 7) is 10.1. The lowest BCUT2D eigenvalue weighted by Gasteiger charge is -2.59. The van der Waals surface area contributed by atoms with Crippen molar-refractivity contribution in [3.8, 4) is 0 Å². The van der Waals surface area contributed by atoms with Crippen LogP contribution in [0.5, 0.6) is 0 Å². The van der Waals surface area contributed by atoms with Gasteiger partial charge in [-0.25, -0.2) is 4.79 Å². The van der Waals surface area contributed by atoms with Crippen LogP contribution >= 0.6 is 0 Å². The lowest BCUT2D eigenvalue weighted by Crippen LogP contribution is -2.65. The molecule has 266 valence electrons. The summed E-state index contributed by atoms with van der Waals surface area (Å²) in [6, 6.07) is 6.99. The van der Waals surface area contributed by atoms with E-state index in [2.05, 4.69) is 11.9 Å². The minimum Gasteiger partial charge on any atom is -0.445 e. The third kappa shape index (κ3) is 5.58. The first-order valence-electron chi connectivity index (χ1n) is 16.8. The van der Waals surface area contributed by atoms with Crippen molar-refractivity contribution in [1.82, 2.24) is 5.32 Å². The summed E-state index contributed by atoms with van der Waals surface area (Å²) in [5.41, 5.74) is -3.56. The predicted octanol–water partition coefficient (Wildman–Crippen LogP) is 7.32. The van der Waals surface area contributed by atoms with Crippen LogP contribution in [0.15, 0.2) is 48.1 Å². The van der Waals surface area contributed by atoms with Crippen LogP contribution in [0.1, 0.15) is 89.2 Å². The standard InChI is InChI=1S/C36H46F5NO6/c1-5-16-42-29(43)46-18-22-6-8-23(9-7-22)25-17-31(4)26(12-15-34(31,45)35(37,38)36(39,40)41)24-10-13-32(44)19-33(14-11-27(32)28(24)25)47-20-30(2,3)21-48-33/h5-9,24-26,44-45H,1,10-21H2,2-4H3,(H,42,43)/t24?,25-,26?,31+,32?,34+/m1/s1. The van der Waals surface area contributed by atoms with Gasteiger partial charge in [0.2, 0.25) is 0 Å². The fourth-order valence-corrected chi connectivity index (χ4v) is 9.51. The van der Waals surface area contributed by atoms with Crippen LogP contribution in [0.2, 0.25) is 0 Å². The molecule has 1 aliphatic heterocycles. The molecule has 7 nitrogen and oxygen atoms in total. The Morgan fingerprint density at radius 3 is 2.33 bits per heavy atom. The number of alkyl carbamates (subject to hydrolysis) is 1. The molecule has 0 bridgehead atoms. The number of ether oxygens (including phenoxy) is 3. The van der Waals surface area contributed by atoms with Gasteiger partial charge in [-0.3, -0.25) is 0 Å². The quantitative estimate of drug-likeness (QED) is 0.215. The van der Waals surface area contributed by atoms with Crippen molar-refractivity contribution in [2.45, 2.75) is 114 Å². The lowest BCUT2D eigenvalue weighted by atomic mass is 9.49. The average Bonchev–Trinajstić information content (AvgIpc) is 3.30. The molecule has 1 heterocycles. The molecule has 6 rings (SSSR count). The van der Waals surface area contributed by atoms with Gasteiger partial charge in [0.1, 0.15) is 12.2 Å². The second-order valence-electron chi connectivity index (χ2n) is 15.7. The Kier molecular flexibility index (Phi) is 8.66. The number of carbonyl (C=O) groups is 1. The van der Waals surface area contributed by atoms with Gasteiger partial charge in [0, 0.05) is 36.1 Å². The highest BCUT2D eigenvalue weighted by molar-refractivity contribution is 5.67. The summed E-state index contributed by atoms with van der Waals surface area (Å²) >= 11 is 0. The maximum absolute atomic E-state index is 15.4. The van der Waals surface area contributed by atoms with Gasteiger partial charge in [-0.15, -0.1) is 6.58 Å². The highest BCUT2D eigenvalue weighted by Crippen LogP contribution is 2.71. The summed E-state index contributed by atoms with van der Waals surface area (Å²) in [5.74, 6) is -7.96. The van der Waals surface area contributed by atoms with E-state index < -0.39 is 64.8 Å². The van der Waals surface area contributed by atoms with Crippen molar-refractivity contribution in [3.05, 3.63) is 59.2 Å². The molecule has 1 aromatic rings. The van der Waals surface area contributed by atoms with Crippen LogP contribution in [0.4, 0.5) is 26.7 Å². The number of hydrogen-bond acceptors (Lipinski definition) is 6. The van der Waals surface area contributed by atoms with Crippen LogP contribution in [0.25, 0.3) is 0 Å². The number of allylic oxidation sites excluding steroid dienone is 1. The van der Waals surface area contributed by atoms with E-state index in [0.717, 1.165) is 11.1 Å². The molecule has 3 N–H and O–H groups in total. The Morgan fingerprint density at radius 2 is 1.71 bits per heavy atom. The molecule has 1 amide bonds. The van der Waals surface area contributed by atoms with E-state index in [4.69, 9.17) is 14.2 Å². The SMILES string of the molecule is C=CCNC(=O)OCc1ccc([C@H]2C[C@@]3(C)C(CC[C@@]3(O)C(F)(F)C(F)(F)F)C3CCC4(O)CC5(CCC4=C32)OCC(C)(C)CO5)cc1. The number of aliphatic hydroxyl groups is 2. The van der Waals surface area contributed by atoms with E-state index >= 15 is 8.78 Å². The number of carbonyl (C=O) groups excluding carboxylic acids is 1. The van der Waals surface area contributed by atoms with Gasteiger partial charge in [0.15, 0.2) is 5.79 Å². The third-order valence-corrected chi connectivity index (χ3v) is 12.0. The zero-order chi connectivity index (χ0) is 35.0. The first kappa shape index (κ1) is 35.3. The van der Waals surface area contributed by atoms with Crippen molar-refractivity contribution < 1.29 is 51.2 Å². The highest BCUT2D eigenvalue weighted by Gasteiger charge is 2.79. The van der Waals surface area contributed by atoms with Gasteiger partial charge in [-0.1, -0.05) is 56.7 Å². The number of alkyl halides is 5. The van der Waals surface area contributed by atoms with Gasteiger partial charge in [-0.05, 0) is 67.1 Å². The largest absolute Gasteiger partial charge is 0.456 e. The van der Waals surface area contributed by atoms with E-state index in [1.165, 1.54) is 13.0 Å². The van der Waals surface area contributed by atoms with Gasteiger partial charge in [0.05, 0.1) is 18.8 Å². The summed E-state index contributed by atoms with van der Waals surface area (Å²) in [6.07, 6.45) is -4.10. The molecule has 6 atom stereocenters. The molecule has 3 saturated carbocycles. The van der Waals surface area contributed by atoms with Gasteiger partial charge >= 0.3 is 18.2 Å². The van der Waals surface area contributed by atoms with E-state index in [1.807, 2.05) is 13.8 Å². The molecular weight excluding hydrogens is 637 g/mol. The smallest absolute Gasteiger partial charge is 0.445 e. The van der Waals surface area contributed by atoms with Crippen molar-refractivity contribution in [3.63, 3.8) is 0 Å². The van der Waals surface area contributed by atoms with E-state index in [1.54, 1.807) is 24.3 Å². The topological polar surface area (TPSA) is 97.3 Å². The fourth-order valence-electron chi connectivity index (χ4n) is 9.51.